The number of fused-ring (bicyclic) bond motifs is 3. The maximum Gasteiger partial charge on any atom is 0.189 e. The zero-order valence-corrected chi connectivity index (χ0v) is 10.4. The number of halogens is 2. The highest BCUT2D eigenvalue weighted by atomic mass is 35.5. The van der Waals surface area contributed by atoms with E-state index in [1.54, 1.807) is 18.5 Å². The number of aromatic amines is 1. The number of benzene rings is 1. The summed E-state index contributed by atoms with van der Waals surface area (Å²) in [5, 5.41) is 0.736. The van der Waals surface area contributed by atoms with Crippen molar-refractivity contribution in [3.8, 4) is 5.75 Å². The van der Waals surface area contributed by atoms with E-state index in [1.807, 2.05) is 18.2 Å². The number of pyridine rings is 1. The van der Waals surface area contributed by atoms with Gasteiger partial charge in [-0.3, -0.25) is 4.79 Å². The number of aromatic nitrogens is 1. The van der Waals surface area contributed by atoms with Gasteiger partial charge in [0.2, 0.25) is 0 Å². The summed E-state index contributed by atoms with van der Waals surface area (Å²) in [7, 11) is 0. The molecule has 1 aliphatic heterocycles. The second-order valence-corrected chi connectivity index (χ2v) is 3.50. The van der Waals surface area contributed by atoms with E-state index in [2.05, 4.69) is 4.98 Å². The summed E-state index contributed by atoms with van der Waals surface area (Å²) in [6, 6.07) is 5.30. The average Bonchev–Trinajstić information content (AvgIpc) is 2.29. The van der Waals surface area contributed by atoms with Crippen LogP contribution in [0.4, 0.5) is 0 Å². The van der Waals surface area contributed by atoms with Crippen molar-refractivity contribution in [1.82, 2.24) is 4.98 Å². The van der Waals surface area contributed by atoms with E-state index in [-0.39, 0.29) is 30.2 Å². The van der Waals surface area contributed by atoms with Crippen LogP contribution in [0.15, 0.2) is 41.5 Å². The minimum absolute atomic E-state index is 0. The maximum absolute atomic E-state index is 11.8. The molecule has 0 bridgehead atoms. The lowest BCUT2D eigenvalue weighted by atomic mass is 10.0. The molecular weight excluding hydrogens is 261 g/mol. The van der Waals surface area contributed by atoms with Crippen LogP contribution >= 0.6 is 24.8 Å². The third kappa shape index (κ3) is 2.16. The third-order valence-electron chi connectivity index (χ3n) is 2.60. The Labute approximate surface area is 110 Å². The van der Waals surface area contributed by atoms with Gasteiger partial charge in [-0.2, -0.15) is 0 Å². The fourth-order valence-corrected chi connectivity index (χ4v) is 1.92. The Kier molecular flexibility index (Phi) is 4.21. The maximum atomic E-state index is 11.8. The first-order valence-electron chi connectivity index (χ1n) is 4.81. The molecule has 2 aromatic rings. The first-order chi connectivity index (χ1) is 7.36. The molecule has 0 saturated heterocycles. The minimum Gasteiger partial charge on any atom is -0.465 e. The monoisotopic (exact) mass is 271 g/mol. The van der Waals surface area contributed by atoms with Gasteiger partial charge in [0.1, 0.15) is 5.75 Å². The van der Waals surface area contributed by atoms with Crippen molar-refractivity contribution in [2.24, 2.45) is 0 Å². The zero-order valence-electron chi connectivity index (χ0n) is 8.80. The molecule has 90 valence electrons. The molecule has 0 radical (unpaired) electrons. The van der Waals surface area contributed by atoms with Gasteiger partial charge in [-0.25, -0.2) is 0 Å². The van der Waals surface area contributed by atoms with E-state index in [1.165, 1.54) is 0 Å². The van der Waals surface area contributed by atoms with Crippen LogP contribution in [0.1, 0.15) is 5.56 Å². The highest BCUT2D eigenvalue weighted by molar-refractivity contribution is 5.86. The Morgan fingerprint density at radius 2 is 2.00 bits per heavy atom. The highest BCUT2D eigenvalue weighted by Gasteiger charge is 2.12. The van der Waals surface area contributed by atoms with Crippen molar-refractivity contribution in [2.45, 2.75) is 6.42 Å². The van der Waals surface area contributed by atoms with E-state index in [9.17, 15) is 4.79 Å². The van der Waals surface area contributed by atoms with E-state index in [0.717, 1.165) is 28.6 Å². The molecule has 0 aliphatic carbocycles. The molecule has 17 heavy (non-hydrogen) atoms. The van der Waals surface area contributed by atoms with Crippen molar-refractivity contribution in [2.75, 3.05) is 0 Å². The van der Waals surface area contributed by atoms with Crippen molar-refractivity contribution in [3.63, 3.8) is 0 Å². The number of rotatable bonds is 0. The molecule has 0 fully saturated rings. The zero-order chi connectivity index (χ0) is 10.3. The molecule has 0 amide bonds. The summed E-state index contributed by atoms with van der Waals surface area (Å²) in [4.78, 5) is 14.8. The minimum atomic E-state index is 0. The Balaban J connectivity index is 0.000000722. The quantitative estimate of drug-likeness (QED) is 0.801. The normalized spacial score (nSPS) is 12.0. The lowest BCUT2D eigenvalue weighted by molar-refractivity contribution is 0.466. The summed E-state index contributed by atoms with van der Waals surface area (Å²) < 4.78 is 5.35. The molecule has 3 nitrogen and oxygen atoms in total. The topological polar surface area (TPSA) is 42.1 Å². The van der Waals surface area contributed by atoms with Crippen LogP contribution in [0.5, 0.6) is 5.75 Å². The second kappa shape index (κ2) is 5.25. The first-order valence-corrected chi connectivity index (χ1v) is 4.81. The summed E-state index contributed by atoms with van der Waals surface area (Å²) in [5.74, 6) is 0.779. The Morgan fingerprint density at radius 3 is 2.82 bits per heavy atom. The number of H-pyrrole nitrogens is 1. The van der Waals surface area contributed by atoms with Gasteiger partial charge in [-0.15, -0.1) is 24.8 Å². The van der Waals surface area contributed by atoms with Crippen LogP contribution in [-0.2, 0) is 6.42 Å². The first kappa shape index (κ1) is 13.6. The largest absolute Gasteiger partial charge is 0.465 e. The predicted molar refractivity (Wildman–Crippen MR) is 72.5 cm³/mol. The Bertz CT molecular complexity index is 619. The number of hydrogen-bond donors (Lipinski definition) is 1. The van der Waals surface area contributed by atoms with E-state index >= 15 is 0 Å². The molecular formula is C12H11Cl2NO2. The summed E-state index contributed by atoms with van der Waals surface area (Å²) in [6.07, 6.45) is 5.98. The number of nitrogens with one attached hydrogen (secondary N) is 1. The molecule has 3 rings (SSSR count). The second-order valence-electron chi connectivity index (χ2n) is 3.50. The van der Waals surface area contributed by atoms with Crippen molar-refractivity contribution < 1.29 is 4.74 Å². The molecule has 0 atom stereocenters. The molecule has 0 saturated carbocycles. The van der Waals surface area contributed by atoms with Crippen LogP contribution in [0.2, 0.25) is 0 Å². The number of allylic oxidation sites excluding steroid dienone is 1. The molecule has 0 unspecified atom stereocenters. The van der Waals surface area contributed by atoms with E-state index < -0.39 is 0 Å². The van der Waals surface area contributed by atoms with Crippen LogP contribution in [0.25, 0.3) is 10.9 Å². The van der Waals surface area contributed by atoms with Gasteiger partial charge in [-0.05, 0) is 24.6 Å². The van der Waals surface area contributed by atoms with Gasteiger partial charge >= 0.3 is 0 Å². The van der Waals surface area contributed by atoms with E-state index in [4.69, 9.17) is 4.74 Å². The molecule has 2 heterocycles. The van der Waals surface area contributed by atoms with Gasteiger partial charge in [0.25, 0.3) is 0 Å². The molecule has 1 aliphatic rings. The van der Waals surface area contributed by atoms with Crippen LogP contribution < -0.4 is 10.2 Å². The summed E-state index contributed by atoms with van der Waals surface area (Å²) in [6.45, 7) is 0. The number of hydrogen-bond acceptors (Lipinski definition) is 2. The summed E-state index contributed by atoms with van der Waals surface area (Å²) >= 11 is 0. The highest BCUT2D eigenvalue weighted by Crippen LogP contribution is 2.28. The molecule has 1 N–H and O–H groups in total. The summed E-state index contributed by atoms with van der Waals surface area (Å²) in [5.41, 5.74) is 1.87. The predicted octanol–water partition coefficient (Wildman–Crippen LogP) is 2.82. The van der Waals surface area contributed by atoms with Crippen LogP contribution in [0, 0.1) is 0 Å². The van der Waals surface area contributed by atoms with E-state index in [0.29, 0.717) is 0 Å². The molecule has 1 aromatic carbocycles. The van der Waals surface area contributed by atoms with Gasteiger partial charge in [0, 0.05) is 23.3 Å². The molecule has 1 aromatic heterocycles. The standard InChI is InChI=1S/C12H9NO2.2ClH/c14-10-5-6-13-9-3-4-11-8(12(9)10)2-1-7-15-11;;/h1,3-7H,2H2,(H,13,14);2*1H. The van der Waals surface area contributed by atoms with Crippen LogP contribution in [0.3, 0.4) is 0 Å². The van der Waals surface area contributed by atoms with Crippen molar-refractivity contribution >= 4 is 35.7 Å². The average molecular weight is 272 g/mol. The van der Waals surface area contributed by atoms with Gasteiger partial charge in [0.05, 0.1) is 11.6 Å². The van der Waals surface area contributed by atoms with Gasteiger partial charge in [0.15, 0.2) is 5.43 Å². The fraction of sp³-hybridized carbons (Fsp3) is 0.0833. The van der Waals surface area contributed by atoms with Gasteiger partial charge < -0.3 is 9.72 Å². The lowest BCUT2D eigenvalue weighted by Gasteiger charge is -2.13. The lowest BCUT2D eigenvalue weighted by Crippen LogP contribution is -2.06. The Hall–Kier alpha value is -1.45. The fourth-order valence-electron chi connectivity index (χ4n) is 1.92. The van der Waals surface area contributed by atoms with Crippen molar-refractivity contribution in [3.05, 3.63) is 52.5 Å². The smallest absolute Gasteiger partial charge is 0.189 e. The number of ether oxygens (including phenoxy) is 1. The van der Waals surface area contributed by atoms with Crippen molar-refractivity contribution in [1.29, 1.82) is 0 Å². The molecule has 5 heteroatoms. The third-order valence-corrected chi connectivity index (χ3v) is 2.60. The van der Waals surface area contributed by atoms with Crippen LogP contribution in [-0.4, -0.2) is 4.98 Å². The SMILES string of the molecule is Cl.Cl.O=c1cc[nH]c2ccc3c(c12)CC=CO3. The Morgan fingerprint density at radius 1 is 1.18 bits per heavy atom. The van der Waals surface area contributed by atoms with Gasteiger partial charge in [-0.1, -0.05) is 0 Å². The molecule has 0 spiro atoms.